The normalized spacial score (nSPS) is 17.1. The first-order valence-corrected chi connectivity index (χ1v) is 12.6. The molecule has 1 fully saturated rings. The number of rotatable bonds is 5. The largest absolute Gasteiger partial charge is 0.453 e. The van der Waals surface area contributed by atoms with E-state index in [4.69, 9.17) is 14.7 Å². The van der Waals surface area contributed by atoms with Crippen LogP contribution in [0.1, 0.15) is 27.9 Å². The monoisotopic (exact) mass is 498 g/mol. The molecular weight excluding hydrogens is 467 g/mol. The second-order valence-corrected chi connectivity index (χ2v) is 9.51. The van der Waals surface area contributed by atoms with Crippen LogP contribution in [-0.2, 0) is 24.2 Å². The Morgan fingerprint density at radius 3 is 2.63 bits per heavy atom. The van der Waals surface area contributed by atoms with Crippen LogP contribution < -0.4 is 19.9 Å². The zero-order valence-corrected chi connectivity index (χ0v) is 21.1. The topological polar surface area (TPSA) is 73.8 Å². The summed E-state index contributed by atoms with van der Waals surface area (Å²) in [5.74, 6) is -0.542. The van der Waals surface area contributed by atoms with Crippen LogP contribution in [0.25, 0.3) is 0 Å². The second-order valence-electron chi connectivity index (χ2n) is 9.25. The van der Waals surface area contributed by atoms with E-state index in [-0.39, 0.29) is 5.94 Å². The third-order valence-corrected chi connectivity index (χ3v) is 7.37. The summed E-state index contributed by atoms with van der Waals surface area (Å²) in [5.41, 5.74) is 8.59. The van der Waals surface area contributed by atoms with Crippen molar-refractivity contribution in [3.8, 4) is 6.01 Å². The highest BCUT2D eigenvalue weighted by molar-refractivity contribution is 7.80. The van der Waals surface area contributed by atoms with Crippen LogP contribution in [0.15, 0.2) is 18.5 Å². The minimum atomic E-state index is -0.921. The summed E-state index contributed by atoms with van der Waals surface area (Å²) in [6, 6.07) is 2.56. The molecule has 10 heteroatoms. The zero-order chi connectivity index (χ0) is 24.7. The number of halogens is 1. The van der Waals surface area contributed by atoms with E-state index in [0.29, 0.717) is 38.7 Å². The predicted molar refractivity (Wildman–Crippen MR) is 138 cm³/mol. The number of amides is 1. The fourth-order valence-electron chi connectivity index (χ4n) is 5.37. The highest BCUT2D eigenvalue weighted by Gasteiger charge is 2.31. The fraction of sp³-hybridized carbons (Fsp3) is 0.480. The molecule has 3 aliphatic heterocycles. The van der Waals surface area contributed by atoms with Gasteiger partial charge in [0.25, 0.3) is 5.91 Å². The Morgan fingerprint density at radius 2 is 1.91 bits per heavy atom. The first-order chi connectivity index (χ1) is 16.9. The van der Waals surface area contributed by atoms with Crippen LogP contribution >= 0.6 is 12.6 Å². The van der Waals surface area contributed by atoms with Gasteiger partial charge < -0.3 is 24.8 Å². The first-order valence-electron chi connectivity index (χ1n) is 12.0. The molecular formula is C25H31FN6O2S. The predicted octanol–water partition coefficient (Wildman–Crippen LogP) is 3.02. The molecule has 1 aromatic heterocycles. The van der Waals surface area contributed by atoms with Crippen molar-refractivity contribution in [3.63, 3.8) is 0 Å². The van der Waals surface area contributed by atoms with Gasteiger partial charge in [-0.25, -0.2) is 4.39 Å². The van der Waals surface area contributed by atoms with E-state index in [9.17, 15) is 9.18 Å². The van der Waals surface area contributed by atoms with Gasteiger partial charge in [-0.2, -0.15) is 9.97 Å². The standard InChI is InChI=1S/C25H31FN6O2S/c1-15-12-20-18(4-6-27-20)22(16(15)2)32-7-5-19-21(13-32)28-25(34-14-35)29-23(19)30-8-10-31(11-9-30)24(33)17(3)26/h12,27,35H,3-11,13-14H2,1-2H3. The van der Waals surface area contributed by atoms with Crippen molar-refractivity contribution in [2.45, 2.75) is 33.2 Å². The lowest BCUT2D eigenvalue weighted by Gasteiger charge is -2.38. The quantitative estimate of drug-likeness (QED) is 0.373. The van der Waals surface area contributed by atoms with Crippen LogP contribution in [-0.4, -0.2) is 66.0 Å². The fourth-order valence-corrected chi connectivity index (χ4v) is 5.49. The van der Waals surface area contributed by atoms with Crippen LogP contribution in [0.4, 0.5) is 21.6 Å². The maximum Gasteiger partial charge on any atom is 0.319 e. The third kappa shape index (κ3) is 4.39. The number of piperazine rings is 1. The van der Waals surface area contributed by atoms with Gasteiger partial charge >= 0.3 is 6.01 Å². The molecule has 0 aliphatic carbocycles. The van der Waals surface area contributed by atoms with Gasteiger partial charge in [0.15, 0.2) is 5.83 Å². The minimum absolute atomic E-state index is 0.180. The van der Waals surface area contributed by atoms with Crippen LogP contribution in [0.3, 0.4) is 0 Å². The lowest BCUT2D eigenvalue weighted by molar-refractivity contribution is -0.128. The number of hydrogen-bond donors (Lipinski definition) is 2. The van der Waals surface area contributed by atoms with Crippen molar-refractivity contribution in [2.24, 2.45) is 0 Å². The number of benzene rings is 1. The van der Waals surface area contributed by atoms with Crippen molar-refractivity contribution in [1.82, 2.24) is 14.9 Å². The zero-order valence-electron chi connectivity index (χ0n) is 20.2. The molecule has 1 N–H and O–H groups in total. The maximum atomic E-state index is 13.3. The van der Waals surface area contributed by atoms with Gasteiger partial charge in [0.2, 0.25) is 0 Å². The Hall–Kier alpha value is -3.01. The van der Waals surface area contributed by atoms with Crippen molar-refractivity contribution in [1.29, 1.82) is 0 Å². The van der Waals surface area contributed by atoms with Crippen LogP contribution in [0.5, 0.6) is 6.01 Å². The van der Waals surface area contributed by atoms with Gasteiger partial charge in [0, 0.05) is 61.8 Å². The molecule has 2 aromatic rings. The van der Waals surface area contributed by atoms with Crippen LogP contribution in [0.2, 0.25) is 0 Å². The number of aromatic nitrogens is 2. The van der Waals surface area contributed by atoms with E-state index in [1.54, 1.807) is 0 Å². The smallest absolute Gasteiger partial charge is 0.319 e. The van der Waals surface area contributed by atoms with Crippen molar-refractivity contribution >= 4 is 35.7 Å². The number of nitrogens with zero attached hydrogens (tertiary/aromatic N) is 5. The highest BCUT2D eigenvalue weighted by Crippen LogP contribution is 2.40. The van der Waals surface area contributed by atoms with Gasteiger partial charge in [0.1, 0.15) is 11.8 Å². The lowest BCUT2D eigenvalue weighted by atomic mass is 9.96. The van der Waals surface area contributed by atoms with Gasteiger partial charge in [-0.3, -0.25) is 4.79 Å². The Balaban J connectivity index is 1.45. The average molecular weight is 499 g/mol. The maximum absolute atomic E-state index is 13.3. The summed E-state index contributed by atoms with van der Waals surface area (Å²) in [4.78, 5) is 27.5. The number of fused-ring (bicyclic) bond motifs is 2. The molecule has 4 heterocycles. The number of thiol groups is 1. The SMILES string of the molecule is C=C(F)C(=O)N1CCN(c2nc(OCS)nc3c2CCN(c2c(C)c(C)cc4c2CCN4)C3)CC1. The average Bonchev–Trinajstić information content (AvgIpc) is 3.31. The lowest BCUT2D eigenvalue weighted by Crippen LogP contribution is -2.49. The second kappa shape index (κ2) is 9.56. The van der Waals surface area contributed by atoms with E-state index >= 15 is 0 Å². The van der Waals surface area contributed by atoms with E-state index in [1.807, 2.05) is 0 Å². The molecule has 0 radical (unpaired) electrons. The number of anilines is 3. The molecule has 0 saturated carbocycles. The molecule has 1 aromatic carbocycles. The van der Waals surface area contributed by atoms with Crippen LogP contribution in [0, 0.1) is 13.8 Å². The molecule has 8 nitrogen and oxygen atoms in total. The van der Waals surface area contributed by atoms with Gasteiger partial charge in [-0.05, 0) is 43.9 Å². The number of hydrogen-bond acceptors (Lipinski definition) is 8. The third-order valence-electron chi connectivity index (χ3n) is 7.24. The van der Waals surface area contributed by atoms with Gasteiger partial charge in [-0.15, -0.1) is 12.6 Å². The number of nitrogens with one attached hydrogen (secondary N) is 1. The molecule has 186 valence electrons. The van der Waals surface area contributed by atoms with Crippen molar-refractivity contribution in [2.75, 3.05) is 60.3 Å². The first kappa shape index (κ1) is 23.7. The molecule has 0 bridgehead atoms. The summed E-state index contributed by atoms with van der Waals surface area (Å²) in [5, 5.41) is 3.52. The molecule has 5 rings (SSSR count). The molecule has 1 saturated heterocycles. The molecule has 0 spiro atoms. The summed E-state index contributed by atoms with van der Waals surface area (Å²) in [7, 11) is 0. The number of carbonyl (C=O) groups is 1. The van der Waals surface area contributed by atoms with E-state index in [0.717, 1.165) is 43.0 Å². The molecule has 1 amide bonds. The highest BCUT2D eigenvalue weighted by atomic mass is 32.1. The Morgan fingerprint density at radius 1 is 1.14 bits per heavy atom. The molecule has 0 unspecified atom stereocenters. The summed E-state index contributed by atoms with van der Waals surface area (Å²) >= 11 is 4.20. The molecule has 35 heavy (non-hydrogen) atoms. The Kier molecular flexibility index (Phi) is 6.48. The van der Waals surface area contributed by atoms with Gasteiger partial charge in [-0.1, -0.05) is 6.58 Å². The van der Waals surface area contributed by atoms with E-state index in [2.05, 4.69) is 54.2 Å². The van der Waals surface area contributed by atoms with E-state index < -0.39 is 11.7 Å². The number of carbonyl (C=O) groups excluding carboxylic acids is 1. The number of ether oxygens (including phenoxy) is 1. The Bertz CT molecular complexity index is 1180. The van der Waals surface area contributed by atoms with Crippen molar-refractivity contribution in [3.05, 3.63) is 46.4 Å². The summed E-state index contributed by atoms with van der Waals surface area (Å²) in [6.07, 6.45) is 1.83. The van der Waals surface area contributed by atoms with E-state index in [1.165, 1.54) is 33.0 Å². The molecule has 0 atom stereocenters. The Labute approximate surface area is 210 Å². The summed E-state index contributed by atoms with van der Waals surface area (Å²) < 4.78 is 18.9. The van der Waals surface area contributed by atoms with Crippen molar-refractivity contribution < 1.29 is 13.9 Å². The van der Waals surface area contributed by atoms with Gasteiger partial charge in [0.05, 0.1) is 12.2 Å². The number of aryl methyl sites for hydroxylation is 1. The molecule has 3 aliphatic rings. The minimum Gasteiger partial charge on any atom is -0.453 e. The summed E-state index contributed by atoms with van der Waals surface area (Å²) in [6.45, 7) is 12.0.